The van der Waals surface area contributed by atoms with E-state index in [2.05, 4.69) is 33.6 Å². The number of anilines is 1. The zero-order valence-corrected chi connectivity index (χ0v) is 11.6. The van der Waals surface area contributed by atoms with Crippen LogP contribution >= 0.6 is 0 Å². The average Bonchev–Trinajstić information content (AvgIpc) is 2.45. The van der Waals surface area contributed by atoms with Gasteiger partial charge in [0.15, 0.2) is 0 Å². The van der Waals surface area contributed by atoms with Gasteiger partial charge < -0.3 is 4.90 Å². The number of carbonyl (C=O) groups is 1. The van der Waals surface area contributed by atoms with E-state index in [4.69, 9.17) is 0 Å². The van der Waals surface area contributed by atoms with Gasteiger partial charge in [0.2, 0.25) is 0 Å². The van der Waals surface area contributed by atoms with Crippen LogP contribution in [-0.4, -0.2) is 24.7 Å². The van der Waals surface area contributed by atoms with Gasteiger partial charge in [0.25, 0.3) is 5.91 Å². The quantitative estimate of drug-likeness (QED) is 0.666. The Morgan fingerprint density at radius 1 is 1.42 bits per heavy atom. The molecule has 0 saturated carbocycles. The minimum atomic E-state index is -0.0514. The van der Waals surface area contributed by atoms with Crippen LogP contribution in [0.2, 0.25) is 0 Å². The molecule has 1 aromatic carbocycles. The molecule has 0 aromatic heterocycles. The Morgan fingerprint density at radius 3 is 3.00 bits per heavy atom. The Bertz CT molecular complexity index is 482. The largest absolute Gasteiger partial charge is 0.362 e. The van der Waals surface area contributed by atoms with E-state index in [-0.39, 0.29) is 5.91 Å². The van der Waals surface area contributed by atoms with Gasteiger partial charge in [0.05, 0.1) is 6.54 Å². The molecule has 1 heterocycles. The van der Waals surface area contributed by atoms with Crippen molar-refractivity contribution in [2.45, 2.75) is 33.1 Å². The SMILES string of the molecule is CC/C(C)=N\NC(=O)CN1CCCc2ccccc21. The van der Waals surface area contributed by atoms with Crippen molar-refractivity contribution in [1.29, 1.82) is 0 Å². The Balaban J connectivity index is 1.99. The van der Waals surface area contributed by atoms with Gasteiger partial charge in [0.1, 0.15) is 0 Å². The highest BCUT2D eigenvalue weighted by Crippen LogP contribution is 2.26. The molecule has 1 aromatic rings. The third-order valence-electron chi connectivity index (χ3n) is 3.42. The van der Waals surface area contributed by atoms with Crippen molar-refractivity contribution in [3.8, 4) is 0 Å². The number of para-hydroxylation sites is 1. The van der Waals surface area contributed by atoms with E-state index < -0.39 is 0 Å². The molecule has 1 aliphatic heterocycles. The predicted octanol–water partition coefficient (Wildman–Crippen LogP) is 2.34. The summed E-state index contributed by atoms with van der Waals surface area (Å²) in [5.74, 6) is -0.0514. The van der Waals surface area contributed by atoms with Crippen molar-refractivity contribution in [2.75, 3.05) is 18.0 Å². The van der Waals surface area contributed by atoms with Gasteiger partial charge in [-0.25, -0.2) is 5.43 Å². The highest BCUT2D eigenvalue weighted by Gasteiger charge is 2.18. The van der Waals surface area contributed by atoms with E-state index in [1.54, 1.807) is 0 Å². The first-order valence-corrected chi connectivity index (χ1v) is 6.85. The molecule has 1 N–H and O–H groups in total. The van der Waals surface area contributed by atoms with Crippen molar-refractivity contribution >= 4 is 17.3 Å². The summed E-state index contributed by atoms with van der Waals surface area (Å²) in [5, 5.41) is 4.05. The summed E-state index contributed by atoms with van der Waals surface area (Å²) < 4.78 is 0. The minimum absolute atomic E-state index is 0.0514. The van der Waals surface area contributed by atoms with Crippen molar-refractivity contribution in [3.63, 3.8) is 0 Å². The molecule has 1 aliphatic rings. The van der Waals surface area contributed by atoms with Crippen LogP contribution < -0.4 is 10.3 Å². The average molecular weight is 259 g/mol. The number of aryl methyl sites for hydroxylation is 1. The molecule has 0 atom stereocenters. The summed E-state index contributed by atoms with van der Waals surface area (Å²) in [6.07, 6.45) is 3.05. The van der Waals surface area contributed by atoms with E-state index in [9.17, 15) is 4.79 Å². The number of fused-ring (bicyclic) bond motifs is 1. The van der Waals surface area contributed by atoms with Crippen LogP contribution in [0, 0.1) is 0 Å². The third-order valence-corrected chi connectivity index (χ3v) is 3.42. The van der Waals surface area contributed by atoms with Crippen LogP contribution in [-0.2, 0) is 11.2 Å². The Morgan fingerprint density at radius 2 is 2.21 bits per heavy atom. The number of benzene rings is 1. The lowest BCUT2D eigenvalue weighted by Gasteiger charge is -2.30. The molecular weight excluding hydrogens is 238 g/mol. The molecule has 19 heavy (non-hydrogen) atoms. The molecule has 102 valence electrons. The van der Waals surface area contributed by atoms with Gasteiger partial charge in [-0.15, -0.1) is 0 Å². The Hall–Kier alpha value is -1.84. The molecular formula is C15H21N3O. The fraction of sp³-hybridized carbons (Fsp3) is 0.467. The van der Waals surface area contributed by atoms with E-state index in [1.807, 2.05) is 19.9 Å². The van der Waals surface area contributed by atoms with Crippen molar-refractivity contribution < 1.29 is 4.79 Å². The summed E-state index contributed by atoms with van der Waals surface area (Å²) >= 11 is 0. The summed E-state index contributed by atoms with van der Waals surface area (Å²) in [5.41, 5.74) is 6.07. The van der Waals surface area contributed by atoms with Gasteiger partial charge in [0, 0.05) is 17.9 Å². The lowest BCUT2D eigenvalue weighted by molar-refractivity contribution is -0.119. The number of rotatable bonds is 4. The molecule has 0 aliphatic carbocycles. The second kappa shape index (κ2) is 6.36. The number of hydrogen-bond donors (Lipinski definition) is 1. The number of nitrogens with zero attached hydrogens (tertiary/aromatic N) is 2. The fourth-order valence-corrected chi connectivity index (χ4v) is 2.22. The number of amides is 1. The minimum Gasteiger partial charge on any atom is -0.362 e. The molecule has 0 bridgehead atoms. The maximum atomic E-state index is 11.9. The van der Waals surface area contributed by atoms with Gasteiger partial charge in [-0.05, 0) is 37.8 Å². The summed E-state index contributed by atoms with van der Waals surface area (Å²) in [7, 11) is 0. The molecule has 0 radical (unpaired) electrons. The van der Waals surface area contributed by atoms with E-state index in [1.165, 1.54) is 11.3 Å². The second-order valence-electron chi connectivity index (χ2n) is 4.89. The van der Waals surface area contributed by atoms with Gasteiger partial charge in [-0.1, -0.05) is 25.1 Å². The standard InChI is InChI=1S/C15H21N3O/c1-3-12(2)16-17-15(19)11-18-10-6-8-13-7-4-5-9-14(13)18/h4-5,7,9H,3,6,8,10-11H2,1-2H3,(H,17,19)/b16-12-. The monoisotopic (exact) mass is 259 g/mol. The number of nitrogens with one attached hydrogen (secondary N) is 1. The lowest BCUT2D eigenvalue weighted by atomic mass is 10.0. The zero-order valence-electron chi connectivity index (χ0n) is 11.6. The van der Waals surface area contributed by atoms with E-state index in [0.29, 0.717) is 6.54 Å². The van der Waals surface area contributed by atoms with Gasteiger partial charge >= 0.3 is 0 Å². The van der Waals surface area contributed by atoms with Gasteiger partial charge in [-0.3, -0.25) is 4.79 Å². The molecule has 0 fully saturated rings. The van der Waals surface area contributed by atoms with Crippen LogP contribution in [0.15, 0.2) is 29.4 Å². The van der Waals surface area contributed by atoms with Crippen LogP contribution in [0.1, 0.15) is 32.3 Å². The molecule has 0 saturated heterocycles. The molecule has 4 heteroatoms. The van der Waals surface area contributed by atoms with Crippen LogP contribution in [0.5, 0.6) is 0 Å². The van der Waals surface area contributed by atoms with Crippen molar-refractivity contribution in [1.82, 2.24) is 5.43 Å². The molecule has 0 unspecified atom stereocenters. The predicted molar refractivity (Wildman–Crippen MR) is 78.5 cm³/mol. The number of hydrazone groups is 1. The maximum absolute atomic E-state index is 11.9. The molecule has 0 spiro atoms. The first kappa shape index (κ1) is 13.6. The van der Waals surface area contributed by atoms with Gasteiger partial charge in [-0.2, -0.15) is 5.10 Å². The summed E-state index contributed by atoms with van der Waals surface area (Å²) in [4.78, 5) is 14.0. The number of carbonyl (C=O) groups excluding carboxylic acids is 1. The first-order chi connectivity index (χ1) is 9.20. The van der Waals surface area contributed by atoms with Crippen molar-refractivity contribution in [3.05, 3.63) is 29.8 Å². The summed E-state index contributed by atoms with van der Waals surface area (Å²) in [6.45, 7) is 5.24. The normalized spacial score (nSPS) is 15.1. The van der Waals surface area contributed by atoms with Crippen molar-refractivity contribution in [2.24, 2.45) is 5.10 Å². The van der Waals surface area contributed by atoms with E-state index >= 15 is 0 Å². The third kappa shape index (κ3) is 3.56. The van der Waals surface area contributed by atoms with Crippen LogP contribution in [0.3, 0.4) is 0 Å². The Kier molecular flexibility index (Phi) is 4.55. The zero-order chi connectivity index (χ0) is 13.7. The van der Waals surface area contributed by atoms with Crippen LogP contribution in [0.25, 0.3) is 0 Å². The topological polar surface area (TPSA) is 44.7 Å². The maximum Gasteiger partial charge on any atom is 0.259 e. The first-order valence-electron chi connectivity index (χ1n) is 6.85. The second-order valence-corrected chi connectivity index (χ2v) is 4.89. The smallest absolute Gasteiger partial charge is 0.259 e. The number of hydrogen-bond acceptors (Lipinski definition) is 3. The lowest BCUT2D eigenvalue weighted by Crippen LogP contribution is -2.38. The highest BCUT2D eigenvalue weighted by molar-refractivity contribution is 5.86. The highest BCUT2D eigenvalue weighted by atomic mass is 16.2. The fourth-order valence-electron chi connectivity index (χ4n) is 2.22. The molecule has 4 nitrogen and oxygen atoms in total. The van der Waals surface area contributed by atoms with Crippen LogP contribution in [0.4, 0.5) is 5.69 Å². The van der Waals surface area contributed by atoms with E-state index in [0.717, 1.165) is 31.5 Å². The summed E-state index contributed by atoms with van der Waals surface area (Å²) in [6, 6.07) is 8.30. The molecule has 1 amide bonds. The Labute approximate surface area is 114 Å². The molecule has 2 rings (SSSR count).